The van der Waals surface area contributed by atoms with Gasteiger partial charge in [-0.05, 0) is 46.0 Å². The predicted molar refractivity (Wildman–Crippen MR) is 82.2 cm³/mol. The smallest absolute Gasteiger partial charge is 0.312 e. The minimum atomic E-state index is -3.06. The molecule has 1 saturated carbocycles. The molecule has 1 aliphatic carbocycles. The molecule has 1 fully saturated rings. The number of ether oxygens (including phenoxy) is 2. The van der Waals surface area contributed by atoms with E-state index < -0.39 is 29.5 Å². The fourth-order valence-electron chi connectivity index (χ4n) is 2.51. The van der Waals surface area contributed by atoms with Crippen molar-refractivity contribution in [2.24, 2.45) is 5.41 Å². The van der Waals surface area contributed by atoms with Gasteiger partial charge in [0.25, 0.3) is 5.92 Å². The van der Waals surface area contributed by atoms with Crippen molar-refractivity contribution < 1.29 is 27.8 Å². The van der Waals surface area contributed by atoms with Crippen LogP contribution in [0.4, 0.5) is 8.78 Å². The lowest BCUT2D eigenvalue weighted by molar-refractivity contribution is -0.181. The molecule has 1 aliphatic rings. The first-order valence-corrected chi connectivity index (χ1v) is 8.27. The summed E-state index contributed by atoms with van der Waals surface area (Å²) < 4.78 is 36.0. The second-order valence-corrected chi connectivity index (χ2v) is 7.28. The molecule has 6 heteroatoms. The normalized spacial score (nSPS) is 18.3. The summed E-state index contributed by atoms with van der Waals surface area (Å²) in [5, 5.41) is 0. The van der Waals surface area contributed by atoms with Gasteiger partial charge in [-0.1, -0.05) is 13.3 Å². The Balaban J connectivity index is 2.75. The Morgan fingerprint density at radius 1 is 1.09 bits per heavy atom. The predicted octanol–water partition coefficient (Wildman–Crippen LogP) is 4.26. The minimum Gasteiger partial charge on any atom is -0.459 e. The fraction of sp³-hybridized carbons (Fsp3) is 0.882. The molecule has 0 aromatic rings. The maximum atomic E-state index is 12.8. The van der Waals surface area contributed by atoms with Crippen LogP contribution in [0, 0.1) is 5.41 Å². The van der Waals surface area contributed by atoms with Crippen LogP contribution in [0.5, 0.6) is 0 Å². The highest BCUT2D eigenvalue weighted by atomic mass is 19.3. The van der Waals surface area contributed by atoms with Gasteiger partial charge in [-0.3, -0.25) is 9.59 Å². The van der Waals surface area contributed by atoms with Crippen molar-refractivity contribution >= 4 is 11.9 Å². The van der Waals surface area contributed by atoms with Crippen LogP contribution in [0.2, 0.25) is 0 Å². The highest BCUT2D eigenvalue weighted by Gasteiger charge is 2.42. The van der Waals surface area contributed by atoms with Crippen LogP contribution in [0.25, 0.3) is 0 Å². The van der Waals surface area contributed by atoms with Gasteiger partial charge >= 0.3 is 11.9 Å². The summed E-state index contributed by atoms with van der Waals surface area (Å²) in [5.74, 6) is -4.15. The summed E-state index contributed by atoms with van der Waals surface area (Å²) in [7, 11) is 0. The van der Waals surface area contributed by atoms with E-state index in [2.05, 4.69) is 4.74 Å². The van der Waals surface area contributed by atoms with Crippen molar-refractivity contribution in [1.29, 1.82) is 0 Å². The second-order valence-electron chi connectivity index (χ2n) is 7.28. The zero-order valence-electron chi connectivity index (χ0n) is 14.5. The quantitative estimate of drug-likeness (QED) is 0.653. The highest BCUT2D eigenvalue weighted by Crippen LogP contribution is 2.37. The van der Waals surface area contributed by atoms with E-state index in [4.69, 9.17) is 4.74 Å². The van der Waals surface area contributed by atoms with E-state index in [0.717, 1.165) is 19.3 Å². The molecule has 0 bridgehead atoms. The van der Waals surface area contributed by atoms with Gasteiger partial charge in [0.05, 0.1) is 11.8 Å². The molecule has 1 rings (SSSR count). The number of hydrogen-bond donors (Lipinski definition) is 0. The van der Waals surface area contributed by atoms with Crippen molar-refractivity contribution in [3.63, 3.8) is 0 Å². The average Bonchev–Trinajstić information content (AvgIpc) is 2.45. The summed E-state index contributed by atoms with van der Waals surface area (Å²) >= 11 is 0. The van der Waals surface area contributed by atoms with E-state index in [0.29, 0.717) is 26.2 Å². The number of alkyl halides is 2. The van der Waals surface area contributed by atoms with Crippen molar-refractivity contribution in [1.82, 2.24) is 0 Å². The lowest BCUT2D eigenvalue weighted by Crippen LogP contribution is -2.43. The second kappa shape index (κ2) is 7.58. The standard InChI is InChI=1S/C17H28F2O4/c1-5-15(2,3)14(21)23-17(9-7-6-8-10-17)11-13(20)22-12-16(4,18)19/h5-12H2,1-4H3. The molecule has 0 saturated heterocycles. The van der Waals surface area contributed by atoms with E-state index in [1.165, 1.54) is 0 Å². The molecule has 0 unspecified atom stereocenters. The van der Waals surface area contributed by atoms with Gasteiger partial charge in [-0.15, -0.1) is 0 Å². The van der Waals surface area contributed by atoms with E-state index in [9.17, 15) is 18.4 Å². The van der Waals surface area contributed by atoms with Crippen LogP contribution >= 0.6 is 0 Å². The first-order chi connectivity index (χ1) is 10.5. The summed E-state index contributed by atoms with van der Waals surface area (Å²) in [5.41, 5.74) is -1.55. The maximum absolute atomic E-state index is 12.8. The third-order valence-electron chi connectivity index (χ3n) is 4.46. The number of rotatable bonds is 7. The Morgan fingerprint density at radius 2 is 1.65 bits per heavy atom. The molecule has 0 N–H and O–H groups in total. The molecular formula is C17H28F2O4. The average molecular weight is 334 g/mol. The largest absolute Gasteiger partial charge is 0.459 e. The summed E-state index contributed by atoms with van der Waals surface area (Å²) in [6.07, 6.45) is 4.29. The monoisotopic (exact) mass is 334 g/mol. The van der Waals surface area contributed by atoms with Crippen LogP contribution in [0.1, 0.15) is 72.6 Å². The third-order valence-corrected chi connectivity index (χ3v) is 4.46. The maximum Gasteiger partial charge on any atom is 0.312 e. The van der Waals surface area contributed by atoms with Gasteiger partial charge in [0, 0.05) is 6.92 Å². The molecule has 0 heterocycles. The lowest BCUT2D eigenvalue weighted by Gasteiger charge is -2.38. The molecular weight excluding hydrogens is 306 g/mol. The topological polar surface area (TPSA) is 52.6 Å². The van der Waals surface area contributed by atoms with Gasteiger partial charge in [-0.25, -0.2) is 8.78 Å². The Bertz CT molecular complexity index is 421. The molecule has 0 aliphatic heterocycles. The van der Waals surface area contributed by atoms with E-state index in [1.54, 1.807) is 13.8 Å². The molecule has 0 radical (unpaired) electrons. The number of esters is 2. The van der Waals surface area contributed by atoms with E-state index >= 15 is 0 Å². The van der Waals surface area contributed by atoms with Gasteiger partial charge < -0.3 is 9.47 Å². The minimum absolute atomic E-state index is 0.158. The number of hydrogen-bond acceptors (Lipinski definition) is 4. The SMILES string of the molecule is CCC(C)(C)C(=O)OC1(CC(=O)OCC(C)(F)F)CCCCC1. The zero-order valence-corrected chi connectivity index (χ0v) is 14.5. The first kappa shape index (κ1) is 19.8. The molecule has 0 atom stereocenters. The Morgan fingerprint density at radius 3 is 2.13 bits per heavy atom. The molecule has 0 amide bonds. The van der Waals surface area contributed by atoms with Crippen molar-refractivity contribution in [2.75, 3.05) is 6.61 Å². The lowest BCUT2D eigenvalue weighted by atomic mass is 9.81. The van der Waals surface area contributed by atoms with Gasteiger partial charge in [0.2, 0.25) is 0 Å². The molecule has 134 valence electrons. The van der Waals surface area contributed by atoms with Crippen LogP contribution in [0.3, 0.4) is 0 Å². The number of halogens is 2. The summed E-state index contributed by atoms with van der Waals surface area (Å²) in [6, 6.07) is 0. The molecule has 23 heavy (non-hydrogen) atoms. The number of carbonyl (C=O) groups is 2. The van der Waals surface area contributed by atoms with E-state index in [-0.39, 0.29) is 12.4 Å². The Kier molecular flexibility index (Phi) is 6.54. The van der Waals surface area contributed by atoms with Crippen LogP contribution in [-0.4, -0.2) is 30.1 Å². The van der Waals surface area contributed by atoms with Gasteiger partial charge in [-0.2, -0.15) is 0 Å². The summed E-state index contributed by atoms with van der Waals surface area (Å²) in [4.78, 5) is 24.3. The summed E-state index contributed by atoms with van der Waals surface area (Å²) in [6.45, 7) is 5.23. The van der Waals surface area contributed by atoms with Crippen molar-refractivity contribution in [3.05, 3.63) is 0 Å². The van der Waals surface area contributed by atoms with Gasteiger partial charge in [0.15, 0.2) is 6.61 Å². The Labute approximate surface area is 136 Å². The fourth-order valence-corrected chi connectivity index (χ4v) is 2.51. The molecule has 0 aromatic heterocycles. The highest BCUT2D eigenvalue weighted by molar-refractivity contribution is 5.77. The van der Waals surface area contributed by atoms with Crippen molar-refractivity contribution in [3.8, 4) is 0 Å². The zero-order chi connectivity index (χ0) is 17.7. The third kappa shape index (κ3) is 6.43. The van der Waals surface area contributed by atoms with Crippen LogP contribution in [-0.2, 0) is 19.1 Å². The van der Waals surface area contributed by atoms with Crippen LogP contribution in [0.15, 0.2) is 0 Å². The molecule has 0 spiro atoms. The van der Waals surface area contributed by atoms with Gasteiger partial charge in [0.1, 0.15) is 5.60 Å². The Hall–Kier alpha value is -1.20. The molecule has 0 aromatic carbocycles. The first-order valence-electron chi connectivity index (χ1n) is 8.27. The van der Waals surface area contributed by atoms with E-state index in [1.807, 2.05) is 6.92 Å². The van der Waals surface area contributed by atoms with Crippen LogP contribution < -0.4 is 0 Å². The van der Waals surface area contributed by atoms with Crippen molar-refractivity contribution in [2.45, 2.75) is 84.2 Å². The number of carbonyl (C=O) groups excluding carboxylic acids is 2. The molecule has 4 nitrogen and oxygen atoms in total.